The second-order valence-corrected chi connectivity index (χ2v) is 6.79. The van der Waals surface area contributed by atoms with E-state index >= 15 is 0 Å². The zero-order valence-electron chi connectivity index (χ0n) is 12.9. The van der Waals surface area contributed by atoms with Gasteiger partial charge < -0.3 is 5.32 Å². The van der Waals surface area contributed by atoms with Gasteiger partial charge in [-0.15, -0.1) is 0 Å². The fourth-order valence-corrected chi connectivity index (χ4v) is 4.19. The maximum Gasteiger partial charge on any atom is 0.0101 e. The molecule has 0 bridgehead atoms. The number of rotatable bonds is 6. The van der Waals surface area contributed by atoms with E-state index in [1.165, 1.54) is 57.9 Å². The Morgan fingerprint density at radius 2 is 1.95 bits per heavy atom. The van der Waals surface area contributed by atoms with E-state index in [-0.39, 0.29) is 0 Å². The van der Waals surface area contributed by atoms with Gasteiger partial charge >= 0.3 is 0 Å². The van der Waals surface area contributed by atoms with Crippen molar-refractivity contribution in [3.63, 3.8) is 0 Å². The first kappa shape index (κ1) is 14.1. The highest BCUT2D eigenvalue weighted by Gasteiger charge is 2.31. The molecule has 3 rings (SSSR count). The minimum Gasteiger partial charge on any atom is -0.314 e. The number of fused-ring (bicyclic) bond motifs is 1. The van der Waals surface area contributed by atoms with Gasteiger partial charge in [0.1, 0.15) is 0 Å². The molecule has 0 aromatic heterocycles. The van der Waals surface area contributed by atoms with Crippen molar-refractivity contribution in [1.82, 2.24) is 5.32 Å². The van der Waals surface area contributed by atoms with Crippen molar-refractivity contribution in [2.24, 2.45) is 5.92 Å². The van der Waals surface area contributed by atoms with E-state index in [2.05, 4.69) is 36.5 Å². The first-order chi connectivity index (χ1) is 9.88. The van der Waals surface area contributed by atoms with Crippen LogP contribution in [0.5, 0.6) is 0 Å². The molecule has 0 spiro atoms. The topological polar surface area (TPSA) is 12.0 Å². The third-order valence-corrected chi connectivity index (χ3v) is 5.38. The summed E-state index contributed by atoms with van der Waals surface area (Å²) in [5, 5.41) is 3.87. The van der Waals surface area contributed by atoms with Gasteiger partial charge in [0.15, 0.2) is 0 Å². The molecule has 2 unspecified atom stereocenters. The van der Waals surface area contributed by atoms with Gasteiger partial charge in [0, 0.05) is 6.04 Å². The lowest BCUT2D eigenvalue weighted by Gasteiger charge is -2.37. The third kappa shape index (κ3) is 3.09. The molecule has 1 N–H and O–H groups in total. The molecule has 0 saturated heterocycles. The monoisotopic (exact) mass is 271 g/mol. The van der Waals surface area contributed by atoms with E-state index in [4.69, 9.17) is 0 Å². The van der Waals surface area contributed by atoms with Crippen molar-refractivity contribution < 1.29 is 0 Å². The summed E-state index contributed by atoms with van der Waals surface area (Å²) in [6.07, 6.45) is 11.2. The maximum atomic E-state index is 3.87. The fraction of sp³-hybridized carbons (Fsp3) is 0.684. The SMILES string of the molecule is CCCNC(CC1Cc2ccccc21)C1CCCCC1. The Kier molecular flexibility index (Phi) is 4.77. The third-order valence-electron chi connectivity index (χ3n) is 5.38. The Hall–Kier alpha value is -0.820. The molecule has 1 nitrogen and oxygen atoms in total. The van der Waals surface area contributed by atoms with Gasteiger partial charge in [-0.25, -0.2) is 0 Å². The lowest BCUT2D eigenvalue weighted by Crippen LogP contribution is -2.40. The number of nitrogens with one attached hydrogen (secondary N) is 1. The van der Waals surface area contributed by atoms with Crippen molar-refractivity contribution in [2.75, 3.05) is 6.54 Å². The summed E-state index contributed by atoms with van der Waals surface area (Å²) >= 11 is 0. The van der Waals surface area contributed by atoms with Gasteiger partial charge in [0.05, 0.1) is 0 Å². The average Bonchev–Trinajstić information content (AvgIpc) is 2.49. The summed E-state index contributed by atoms with van der Waals surface area (Å²) in [6, 6.07) is 9.80. The van der Waals surface area contributed by atoms with Gasteiger partial charge in [0.2, 0.25) is 0 Å². The second-order valence-electron chi connectivity index (χ2n) is 6.79. The van der Waals surface area contributed by atoms with E-state index in [0.717, 1.165) is 17.9 Å². The van der Waals surface area contributed by atoms with E-state index in [1.54, 1.807) is 11.1 Å². The molecule has 0 aliphatic heterocycles. The van der Waals surface area contributed by atoms with E-state index in [0.29, 0.717) is 0 Å². The standard InChI is InChI=1S/C19H29N/c1-2-12-20-19(15-8-4-3-5-9-15)14-17-13-16-10-6-7-11-18(16)17/h6-7,10-11,15,17,19-20H,2-5,8-9,12-14H2,1H3. The Balaban J connectivity index is 1.61. The van der Waals surface area contributed by atoms with E-state index in [9.17, 15) is 0 Å². The molecule has 2 atom stereocenters. The number of benzene rings is 1. The van der Waals surface area contributed by atoms with Crippen LogP contribution < -0.4 is 5.32 Å². The van der Waals surface area contributed by atoms with E-state index < -0.39 is 0 Å². The van der Waals surface area contributed by atoms with Crippen molar-refractivity contribution in [3.05, 3.63) is 35.4 Å². The lowest BCUT2D eigenvalue weighted by atomic mass is 9.71. The predicted octanol–water partition coefficient (Wildman–Crippen LogP) is 4.66. The van der Waals surface area contributed by atoms with E-state index in [1.807, 2.05) is 0 Å². The fourth-order valence-electron chi connectivity index (χ4n) is 4.19. The molecule has 1 heteroatoms. The minimum absolute atomic E-state index is 0.758. The Labute approximate surface area is 124 Å². The van der Waals surface area contributed by atoms with Crippen LogP contribution in [-0.2, 0) is 6.42 Å². The highest BCUT2D eigenvalue weighted by Crippen LogP contribution is 2.40. The van der Waals surface area contributed by atoms with Crippen LogP contribution in [0, 0.1) is 5.92 Å². The van der Waals surface area contributed by atoms with Crippen LogP contribution in [0.2, 0.25) is 0 Å². The van der Waals surface area contributed by atoms with Gasteiger partial charge in [-0.3, -0.25) is 0 Å². The predicted molar refractivity (Wildman–Crippen MR) is 86.2 cm³/mol. The molecular weight excluding hydrogens is 242 g/mol. The first-order valence-electron chi connectivity index (χ1n) is 8.69. The first-order valence-corrected chi connectivity index (χ1v) is 8.69. The number of hydrogen-bond acceptors (Lipinski definition) is 1. The van der Waals surface area contributed by atoms with Crippen LogP contribution in [0.15, 0.2) is 24.3 Å². The molecule has 1 aromatic carbocycles. The van der Waals surface area contributed by atoms with Gasteiger partial charge in [-0.2, -0.15) is 0 Å². The van der Waals surface area contributed by atoms with Crippen LogP contribution in [0.4, 0.5) is 0 Å². The zero-order chi connectivity index (χ0) is 13.8. The van der Waals surface area contributed by atoms with Crippen LogP contribution in [-0.4, -0.2) is 12.6 Å². The largest absolute Gasteiger partial charge is 0.314 e. The Bertz CT molecular complexity index is 420. The van der Waals surface area contributed by atoms with Crippen molar-refractivity contribution in [3.8, 4) is 0 Å². The van der Waals surface area contributed by atoms with Gasteiger partial charge in [-0.1, -0.05) is 50.5 Å². The number of hydrogen-bond donors (Lipinski definition) is 1. The molecule has 0 amide bonds. The minimum atomic E-state index is 0.758. The lowest BCUT2D eigenvalue weighted by molar-refractivity contribution is 0.243. The van der Waals surface area contributed by atoms with Crippen molar-refractivity contribution in [1.29, 1.82) is 0 Å². The molecule has 1 saturated carbocycles. The van der Waals surface area contributed by atoms with Crippen LogP contribution >= 0.6 is 0 Å². The average molecular weight is 271 g/mol. The summed E-state index contributed by atoms with van der Waals surface area (Å²) in [5.74, 6) is 1.76. The summed E-state index contributed by atoms with van der Waals surface area (Å²) in [4.78, 5) is 0. The normalized spacial score (nSPS) is 23.9. The van der Waals surface area contributed by atoms with Crippen LogP contribution in [0.25, 0.3) is 0 Å². The molecule has 110 valence electrons. The molecule has 1 aromatic rings. The summed E-state index contributed by atoms with van der Waals surface area (Å²) in [5.41, 5.74) is 3.22. The zero-order valence-corrected chi connectivity index (χ0v) is 12.9. The Morgan fingerprint density at radius 1 is 1.15 bits per heavy atom. The van der Waals surface area contributed by atoms with Gasteiger partial charge in [0.25, 0.3) is 0 Å². The maximum absolute atomic E-state index is 3.87. The second kappa shape index (κ2) is 6.76. The summed E-state index contributed by atoms with van der Waals surface area (Å²) in [6.45, 7) is 3.47. The molecule has 2 aliphatic rings. The molecular formula is C19H29N. The van der Waals surface area contributed by atoms with Gasteiger partial charge in [-0.05, 0) is 61.6 Å². The van der Waals surface area contributed by atoms with Crippen LogP contribution in [0.3, 0.4) is 0 Å². The molecule has 2 aliphatic carbocycles. The molecule has 20 heavy (non-hydrogen) atoms. The molecule has 1 fully saturated rings. The Morgan fingerprint density at radius 3 is 2.70 bits per heavy atom. The molecule has 0 heterocycles. The summed E-state index contributed by atoms with van der Waals surface area (Å²) < 4.78 is 0. The highest BCUT2D eigenvalue weighted by atomic mass is 14.9. The summed E-state index contributed by atoms with van der Waals surface area (Å²) in [7, 11) is 0. The smallest absolute Gasteiger partial charge is 0.0101 e. The van der Waals surface area contributed by atoms with Crippen molar-refractivity contribution in [2.45, 2.75) is 70.3 Å². The highest BCUT2D eigenvalue weighted by molar-refractivity contribution is 5.39. The molecule has 0 radical (unpaired) electrons. The van der Waals surface area contributed by atoms with Crippen molar-refractivity contribution >= 4 is 0 Å². The quantitative estimate of drug-likeness (QED) is 0.793. The van der Waals surface area contributed by atoms with Crippen LogP contribution in [0.1, 0.15) is 68.9 Å².